The van der Waals surface area contributed by atoms with Gasteiger partial charge in [-0.2, -0.15) is 4.98 Å². The number of rotatable bonds is 30. The number of nitrogens with two attached hydrogens (primary N) is 3. The third-order valence-corrected chi connectivity index (χ3v) is 16.4. The molecule has 3 aromatic heterocycles. The number of nitrogens with zero attached hydrogens (tertiary/aromatic N) is 6. The highest BCUT2D eigenvalue weighted by Crippen LogP contribution is 2.66. The summed E-state index contributed by atoms with van der Waals surface area (Å²) < 4.78 is 17.4. The van der Waals surface area contributed by atoms with Gasteiger partial charge in [-0.05, 0) is 50.5 Å². The molecule has 2 saturated heterocycles. The van der Waals surface area contributed by atoms with E-state index < -0.39 is 150 Å². The van der Waals surface area contributed by atoms with E-state index in [2.05, 4.69) is 51.8 Å². The van der Waals surface area contributed by atoms with E-state index in [0.717, 1.165) is 16.9 Å². The number of primary amides is 1. The van der Waals surface area contributed by atoms with Crippen molar-refractivity contribution in [3.63, 3.8) is 0 Å². The molecule has 37 nitrogen and oxygen atoms in total. The van der Waals surface area contributed by atoms with E-state index in [1.165, 1.54) is 56.5 Å². The summed E-state index contributed by atoms with van der Waals surface area (Å²) in [7, 11) is 2.57. The number of fused-ring (bicyclic) bond motifs is 6. The number of hydrogen-bond donors (Lipinski definition) is 18. The van der Waals surface area contributed by atoms with Crippen molar-refractivity contribution >= 4 is 105 Å². The van der Waals surface area contributed by atoms with E-state index in [4.69, 9.17) is 36.8 Å². The molecule has 0 spiro atoms. The lowest BCUT2D eigenvalue weighted by Crippen LogP contribution is -2.56. The molecule has 2 fully saturated rings. The molecule has 3 aliphatic rings. The number of thioether (sulfide) groups is 1. The van der Waals surface area contributed by atoms with Gasteiger partial charge in [-0.25, -0.2) is 24.4 Å². The van der Waals surface area contributed by atoms with Crippen LogP contribution in [0.3, 0.4) is 0 Å². The van der Waals surface area contributed by atoms with Gasteiger partial charge in [-0.15, -0.1) is 11.8 Å². The minimum atomic E-state index is -1.99. The molecular formula is C55H65N17O20S. The number of guanidine groups is 1. The number of aliphatic carboxylic acids is 3. The Bertz CT molecular complexity index is 3920. The first-order chi connectivity index (χ1) is 44.1. The molecule has 0 saturated carbocycles. The van der Waals surface area contributed by atoms with Crippen LogP contribution in [0.1, 0.15) is 65.7 Å². The van der Waals surface area contributed by atoms with Crippen molar-refractivity contribution in [2.75, 3.05) is 49.0 Å². The molecule has 6 heterocycles. The molecule has 93 heavy (non-hydrogen) atoms. The summed E-state index contributed by atoms with van der Waals surface area (Å²) in [4.78, 5) is 147. The van der Waals surface area contributed by atoms with Crippen molar-refractivity contribution < 1.29 is 93.1 Å². The number of phenolic OH excluding ortho intramolecular Hbond substituents is 2. The number of carbonyl (C=O) groups excluding carboxylic acids is 6. The summed E-state index contributed by atoms with van der Waals surface area (Å²) in [5, 5.41) is 96.9. The Morgan fingerprint density at radius 1 is 0.892 bits per heavy atom. The summed E-state index contributed by atoms with van der Waals surface area (Å²) >= 11 is 0.620. The van der Waals surface area contributed by atoms with Gasteiger partial charge in [0, 0.05) is 68.2 Å². The molecular weight excluding hydrogens is 1250 g/mol. The quantitative estimate of drug-likeness (QED) is 0.00457. The highest BCUT2D eigenvalue weighted by Gasteiger charge is 2.75. The van der Waals surface area contributed by atoms with Crippen LogP contribution in [0.2, 0.25) is 0 Å². The van der Waals surface area contributed by atoms with Crippen LogP contribution in [0.25, 0.3) is 16.7 Å². The number of phenols is 2. The zero-order valence-corrected chi connectivity index (χ0v) is 50.4. The van der Waals surface area contributed by atoms with Gasteiger partial charge in [0.1, 0.15) is 42.2 Å². The van der Waals surface area contributed by atoms with Crippen molar-refractivity contribution in [2.45, 2.75) is 105 Å². The van der Waals surface area contributed by atoms with Crippen LogP contribution < -0.4 is 64.3 Å². The Kier molecular flexibility index (Phi) is 20.5. The third kappa shape index (κ3) is 14.6. The summed E-state index contributed by atoms with van der Waals surface area (Å²) in [6, 6.07) is -1.59. The smallest absolute Gasteiger partial charge is 0.409 e. The number of carboxylic acid groups (broad SMARTS) is 3. The maximum Gasteiger partial charge on any atom is 0.409 e. The number of methoxy groups -OCH3 is 2. The van der Waals surface area contributed by atoms with Gasteiger partial charge in [-0.1, -0.05) is 0 Å². The molecule has 2 aromatic carbocycles. The number of nitrogens with one attached hydrogen (secondary N) is 8. The Hall–Kier alpha value is -11.3. The van der Waals surface area contributed by atoms with E-state index in [0.29, 0.717) is 23.1 Å². The number of ether oxygens (including phenoxy) is 3. The van der Waals surface area contributed by atoms with Crippen molar-refractivity contribution in [2.24, 2.45) is 11.5 Å². The number of nitrogen functional groups attached to an aromatic ring is 1. The number of aromatic nitrogens is 5. The minimum absolute atomic E-state index is 0.00834. The van der Waals surface area contributed by atoms with Gasteiger partial charge in [-0.3, -0.25) is 48.5 Å². The average Bonchev–Trinajstić information content (AvgIpc) is 1.49. The molecule has 8 rings (SSSR count). The first kappa shape index (κ1) is 67.6. The maximum atomic E-state index is 13.9. The summed E-state index contributed by atoms with van der Waals surface area (Å²) in [5.41, 5.74) is 15.2. The number of H-pyrrole nitrogens is 1. The molecule has 7 atom stereocenters. The molecule has 5 aromatic rings. The van der Waals surface area contributed by atoms with Crippen LogP contribution in [0.15, 0.2) is 52.5 Å². The zero-order valence-electron chi connectivity index (χ0n) is 49.5. The molecule has 3 aliphatic heterocycles. The van der Waals surface area contributed by atoms with Crippen molar-refractivity contribution in [3.05, 3.63) is 75.5 Å². The zero-order chi connectivity index (χ0) is 67.9. The summed E-state index contributed by atoms with van der Waals surface area (Å²) in [6.07, 6.45) is -1.69. The number of aromatic hydroxyl groups is 4. The van der Waals surface area contributed by atoms with E-state index in [1.807, 2.05) is 0 Å². The number of piperazine rings is 1. The van der Waals surface area contributed by atoms with E-state index in [1.54, 1.807) is 4.90 Å². The minimum Gasteiger partial charge on any atom is -0.505 e. The monoisotopic (exact) mass is 1320 g/mol. The topological polar surface area (TPSA) is 580 Å². The predicted octanol–water partition coefficient (Wildman–Crippen LogP) is -1.84. The van der Waals surface area contributed by atoms with E-state index in [-0.39, 0.29) is 107 Å². The lowest BCUT2D eigenvalue weighted by atomic mass is 9.95. The number of anilines is 3. The van der Waals surface area contributed by atoms with Crippen LogP contribution in [0.4, 0.5) is 22.1 Å². The van der Waals surface area contributed by atoms with E-state index >= 15 is 0 Å². The van der Waals surface area contributed by atoms with Gasteiger partial charge in [0.05, 0.1) is 59.7 Å². The predicted molar refractivity (Wildman–Crippen MR) is 323 cm³/mol. The maximum absolute atomic E-state index is 13.9. The molecule has 0 aliphatic carbocycles. The first-order valence-corrected chi connectivity index (χ1v) is 29.1. The van der Waals surface area contributed by atoms with Crippen LogP contribution in [-0.2, 0) is 56.1 Å². The molecule has 0 bridgehead atoms. The standard InChI is InChI=1S/C55H65N17O20S/c1-22-40(78)39-37(41(79)42(22)90-2)26(20-92-54(59)89)55(91-3)43-31(19-71(39)55)72(43)34(74)12-14-70-35(75)16-32(49(70)84)93-21-30(51(87)88)67-47(82)29(15-36(76)77)66-46(81)27(5-4-13-60-52(56)57)64-33(73)11-10-28(50(85)86)65-45(80)23-6-8-24(9-7-23)61-17-25-18-62-44-38(63-25)48(83)69-53(58)68-44/h6-9,16,18,20,27-31,43,61,75,78-79,84H,4-5,10-15,17,19,21H2,1-3H3,(H2,59,89)(H,64,73)(H,65,80)(H,66,81)(H,67,82)(H,76,77)(H,85,86)(H,87,88)(H4,56,57,60)(H3,58,62,68,69,83)/t27-,28-,29-,30-,31-,43-,55+,72?/m1/s1. The lowest BCUT2D eigenvalue weighted by molar-refractivity contribution is -0.143. The van der Waals surface area contributed by atoms with Crippen LogP contribution in [-0.4, -0.2) is 200 Å². The Morgan fingerprint density at radius 3 is 2.23 bits per heavy atom. The fourth-order valence-corrected chi connectivity index (χ4v) is 11.9. The number of carboxylic acids is 3. The second-order valence-corrected chi connectivity index (χ2v) is 22.3. The fraction of sp³-hybridized carbons (Fsp3) is 0.382. The number of hydrogen-bond acceptors (Lipinski definition) is 25. The highest BCUT2D eigenvalue weighted by atomic mass is 32.2. The van der Waals surface area contributed by atoms with Gasteiger partial charge in [0.25, 0.3) is 11.5 Å². The normalized spacial score (nSPS) is 17.6. The van der Waals surface area contributed by atoms with Gasteiger partial charge in [0.15, 0.2) is 40.2 Å². The Morgan fingerprint density at radius 2 is 1.58 bits per heavy atom. The van der Waals surface area contributed by atoms with Crippen molar-refractivity contribution in [1.29, 1.82) is 5.41 Å². The van der Waals surface area contributed by atoms with Crippen molar-refractivity contribution in [1.82, 2.24) is 56.0 Å². The Balaban J connectivity index is 0.855. The number of aromatic amines is 1. The fourth-order valence-electron chi connectivity index (χ4n) is 10.9. The molecule has 6 amide bonds. The van der Waals surface area contributed by atoms with Gasteiger partial charge < -0.3 is 109 Å². The highest BCUT2D eigenvalue weighted by molar-refractivity contribution is 7.99. The van der Waals surface area contributed by atoms with E-state index in [9.17, 15) is 83.7 Å². The molecule has 21 N–H and O–H groups in total. The SMILES string of the molecule is COc1c(C)c(O)c2c(c1O)C(=COC(N)=O)[C@]1(OC)[C@H]3[C@@H](CN21)N3C(=O)CCn1c(O)cc(SC[C@@H](NC(=O)[C@@H](CC(=O)O)NC(=O)[C@@H](CCCNC(=N)N)NC(=O)CC[C@@H](NC(=O)c2ccc(NCc3cnc4nc(N)[nH]c(=O)c4n3)cc2)C(=O)O)C(=O)O)c1O. The number of carbonyl (C=O) groups is 9. The second-order valence-electron chi connectivity index (χ2n) is 21.3. The summed E-state index contributed by atoms with van der Waals surface area (Å²) in [5.74, 6) is -12.7. The molecule has 0 unspecified atom stereocenters. The van der Waals surface area contributed by atoms with Gasteiger partial charge >= 0.3 is 24.0 Å². The molecule has 38 heteroatoms. The number of amides is 6. The lowest BCUT2D eigenvalue weighted by Gasteiger charge is -2.37. The number of benzene rings is 2. The second kappa shape index (κ2) is 28.2. The Labute approximate surface area is 528 Å². The van der Waals surface area contributed by atoms with Gasteiger partial charge in [0.2, 0.25) is 35.5 Å². The average molecular weight is 1320 g/mol. The largest absolute Gasteiger partial charge is 0.505 e. The van der Waals surface area contributed by atoms with Crippen molar-refractivity contribution in [3.8, 4) is 29.0 Å². The summed E-state index contributed by atoms with van der Waals surface area (Å²) in [6.45, 7) is 1.29. The van der Waals surface area contributed by atoms with Crippen LogP contribution in [0, 0.1) is 12.3 Å². The van der Waals surface area contributed by atoms with Crippen LogP contribution >= 0.6 is 11.8 Å². The molecule has 496 valence electrons. The first-order valence-electron chi connectivity index (χ1n) is 28.1. The molecule has 0 radical (unpaired) electrons. The van der Waals surface area contributed by atoms with Crippen LogP contribution in [0.5, 0.6) is 29.0 Å². The third-order valence-electron chi connectivity index (χ3n) is 15.3.